The maximum absolute atomic E-state index is 14.1. The van der Waals surface area contributed by atoms with Gasteiger partial charge in [0.15, 0.2) is 17.5 Å². The van der Waals surface area contributed by atoms with Crippen LogP contribution in [0.4, 0.5) is 24.2 Å². The van der Waals surface area contributed by atoms with E-state index in [1.165, 1.54) is 15.6 Å². The van der Waals surface area contributed by atoms with E-state index < -0.39 is 35.8 Å². The number of carbonyl (C=O) groups excluding carboxylic acids is 1. The molecule has 2 saturated heterocycles. The molecular formula is C28H31ClF2N6O4. The van der Waals surface area contributed by atoms with Gasteiger partial charge in [0.05, 0.1) is 24.4 Å². The van der Waals surface area contributed by atoms with Crippen LogP contribution < -0.4 is 10.6 Å². The van der Waals surface area contributed by atoms with E-state index in [0.29, 0.717) is 62.6 Å². The number of para-hydroxylation sites is 1. The van der Waals surface area contributed by atoms with Crippen LogP contribution in [0.25, 0.3) is 5.69 Å². The fourth-order valence-electron chi connectivity index (χ4n) is 5.60. The first-order chi connectivity index (χ1) is 19.8. The van der Waals surface area contributed by atoms with Crippen molar-refractivity contribution < 1.29 is 28.2 Å². The van der Waals surface area contributed by atoms with Crippen molar-refractivity contribution >= 4 is 29.5 Å². The minimum atomic E-state index is -1.06. The lowest BCUT2D eigenvalue weighted by Crippen LogP contribution is -2.42. The summed E-state index contributed by atoms with van der Waals surface area (Å²) in [6.45, 7) is 2.43. The zero-order valence-electron chi connectivity index (χ0n) is 22.4. The van der Waals surface area contributed by atoms with Gasteiger partial charge < -0.3 is 15.2 Å². The van der Waals surface area contributed by atoms with Crippen LogP contribution in [0.1, 0.15) is 36.1 Å². The van der Waals surface area contributed by atoms with Crippen LogP contribution in [0.15, 0.2) is 48.5 Å². The van der Waals surface area contributed by atoms with Crippen LogP contribution in [0.3, 0.4) is 0 Å². The summed E-state index contributed by atoms with van der Waals surface area (Å²) in [6, 6.07) is 11.3. The van der Waals surface area contributed by atoms with Crippen molar-refractivity contribution in [3.05, 3.63) is 76.4 Å². The van der Waals surface area contributed by atoms with Crippen LogP contribution in [0, 0.1) is 11.6 Å². The molecule has 13 heteroatoms. The highest BCUT2D eigenvalue weighted by Crippen LogP contribution is 2.39. The van der Waals surface area contributed by atoms with Gasteiger partial charge in [-0.25, -0.2) is 23.1 Å². The Morgan fingerprint density at radius 1 is 1.15 bits per heavy atom. The molecule has 0 spiro atoms. The fraction of sp³-hybridized carbons (Fsp3) is 0.393. The summed E-state index contributed by atoms with van der Waals surface area (Å²) in [6.07, 6.45) is 0.160. The van der Waals surface area contributed by atoms with Crippen LogP contribution in [-0.2, 0) is 4.74 Å². The second kappa shape index (κ2) is 12.4. The number of rotatable bonds is 8. The maximum Gasteiger partial charge on any atom is 0.407 e. The molecule has 3 amide bonds. The zero-order chi connectivity index (χ0) is 29.1. The van der Waals surface area contributed by atoms with E-state index in [1.54, 1.807) is 19.2 Å². The molecule has 0 aliphatic carbocycles. The molecule has 0 bridgehead atoms. The number of carbonyl (C=O) groups is 2. The number of ether oxygens (including phenoxy) is 1. The second-order valence-corrected chi connectivity index (χ2v) is 10.5. The number of hydrogen-bond acceptors (Lipinski definition) is 5. The van der Waals surface area contributed by atoms with Gasteiger partial charge in [0.2, 0.25) is 0 Å². The van der Waals surface area contributed by atoms with Crippen molar-refractivity contribution in [2.75, 3.05) is 45.2 Å². The first kappa shape index (κ1) is 28.8. The monoisotopic (exact) mass is 588 g/mol. The van der Waals surface area contributed by atoms with E-state index in [2.05, 4.69) is 20.6 Å². The molecule has 3 heterocycles. The Morgan fingerprint density at radius 3 is 2.63 bits per heavy atom. The van der Waals surface area contributed by atoms with Gasteiger partial charge in [0.1, 0.15) is 10.7 Å². The summed E-state index contributed by atoms with van der Waals surface area (Å²) in [7, 11) is 1.60. The zero-order valence-corrected chi connectivity index (χ0v) is 23.2. The predicted molar refractivity (Wildman–Crippen MR) is 149 cm³/mol. The molecule has 1 unspecified atom stereocenters. The molecule has 0 saturated carbocycles. The van der Waals surface area contributed by atoms with Crippen molar-refractivity contribution in [2.24, 2.45) is 0 Å². The molecule has 0 radical (unpaired) electrons. The standard InChI is InChI=1S/C28H31ClF2N6O4/c1-41-13-12-35-15-19(17-9-10-20(30)21(31)14-17)22(16-35)32-27(38)33-26-24(29)25(23-8-5-11-36(23)28(39)40)34-37(26)18-6-3-2-4-7-18/h2-4,6-7,9-10,14,19,22-23H,5,8,11-13,15-16H2,1H3,(H,39,40)(H2,32,33,38)/t19-,22+,23?/m0/s1. The number of hydrogen-bond donors (Lipinski definition) is 3. The molecule has 3 N–H and O–H groups in total. The quantitative estimate of drug-likeness (QED) is 0.347. The summed E-state index contributed by atoms with van der Waals surface area (Å²) in [5.41, 5.74) is 1.55. The normalized spacial score (nSPS) is 20.9. The van der Waals surface area contributed by atoms with Crippen molar-refractivity contribution in [3.8, 4) is 5.69 Å². The van der Waals surface area contributed by atoms with Crippen LogP contribution in [0.5, 0.6) is 0 Å². The number of carboxylic acid groups (broad SMARTS) is 1. The first-order valence-corrected chi connectivity index (χ1v) is 13.7. The van der Waals surface area contributed by atoms with E-state index in [-0.39, 0.29) is 16.8 Å². The van der Waals surface area contributed by atoms with Crippen LogP contribution in [0.2, 0.25) is 5.02 Å². The number of halogens is 3. The number of benzene rings is 2. The molecule has 5 rings (SSSR count). The first-order valence-electron chi connectivity index (χ1n) is 13.3. The topological polar surface area (TPSA) is 112 Å². The third-order valence-corrected chi connectivity index (χ3v) is 7.97. The molecular weight excluding hydrogens is 558 g/mol. The van der Waals surface area contributed by atoms with Crippen molar-refractivity contribution in [2.45, 2.75) is 30.8 Å². The number of anilines is 1. The summed E-state index contributed by atoms with van der Waals surface area (Å²) in [5.74, 6) is -2.00. The Balaban J connectivity index is 1.42. The molecule has 2 aliphatic heterocycles. The number of likely N-dealkylation sites (tertiary alicyclic amines) is 2. The van der Waals surface area contributed by atoms with Gasteiger partial charge in [0.25, 0.3) is 0 Å². The minimum Gasteiger partial charge on any atom is -0.465 e. The molecule has 2 aliphatic rings. The van der Waals surface area contributed by atoms with Gasteiger partial charge in [-0.05, 0) is 42.7 Å². The Kier molecular flexibility index (Phi) is 8.71. The Bertz CT molecular complexity index is 1410. The van der Waals surface area contributed by atoms with Crippen molar-refractivity contribution in [3.63, 3.8) is 0 Å². The van der Waals surface area contributed by atoms with Gasteiger partial charge in [0, 0.05) is 39.2 Å². The average molecular weight is 589 g/mol. The van der Waals surface area contributed by atoms with Gasteiger partial charge in [-0.3, -0.25) is 15.1 Å². The van der Waals surface area contributed by atoms with Crippen LogP contribution in [-0.4, -0.2) is 82.7 Å². The van der Waals surface area contributed by atoms with E-state index in [4.69, 9.17) is 16.3 Å². The lowest BCUT2D eigenvalue weighted by atomic mass is 9.94. The highest BCUT2D eigenvalue weighted by molar-refractivity contribution is 6.34. The third-order valence-electron chi connectivity index (χ3n) is 7.59. The molecule has 3 aromatic rings. The van der Waals surface area contributed by atoms with Gasteiger partial charge in [-0.1, -0.05) is 35.9 Å². The largest absolute Gasteiger partial charge is 0.465 e. The predicted octanol–water partition coefficient (Wildman–Crippen LogP) is 4.85. The highest BCUT2D eigenvalue weighted by Gasteiger charge is 2.37. The highest BCUT2D eigenvalue weighted by atomic mass is 35.5. The smallest absolute Gasteiger partial charge is 0.407 e. The van der Waals surface area contributed by atoms with Gasteiger partial charge in [-0.2, -0.15) is 5.10 Å². The summed E-state index contributed by atoms with van der Waals surface area (Å²) in [4.78, 5) is 28.6. The molecule has 10 nitrogen and oxygen atoms in total. The number of nitrogens with one attached hydrogen (secondary N) is 2. The summed E-state index contributed by atoms with van der Waals surface area (Å²) < 4.78 is 34.4. The van der Waals surface area contributed by atoms with Gasteiger partial charge in [-0.15, -0.1) is 0 Å². The number of methoxy groups -OCH3 is 1. The average Bonchev–Trinajstić information content (AvgIpc) is 3.68. The van der Waals surface area contributed by atoms with Gasteiger partial charge >= 0.3 is 12.1 Å². The minimum absolute atomic E-state index is 0.146. The lowest BCUT2D eigenvalue weighted by Gasteiger charge is -2.21. The Hall–Kier alpha value is -3.74. The third kappa shape index (κ3) is 6.14. The lowest BCUT2D eigenvalue weighted by molar-refractivity contribution is 0.139. The van der Waals surface area contributed by atoms with Crippen LogP contribution >= 0.6 is 11.6 Å². The number of nitrogens with zero attached hydrogens (tertiary/aromatic N) is 4. The molecule has 1 aromatic heterocycles. The van der Waals surface area contributed by atoms with E-state index in [9.17, 15) is 23.5 Å². The number of urea groups is 1. The maximum atomic E-state index is 14.1. The molecule has 2 aromatic carbocycles. The van der Waals surface area contributed by atoms with E-state index >= 15 is 0 Å². The number of aromatic nitrogens is 2. The van der Waals surface area contributed by atoms with Crippen molar-refractivity contribution in [1.82, 2.24) is 24.9 Å². The number of amides is 3. The molecule has 41 heavy (non-hydrogen) atoms. The van der Waals surface area contributed by atoms with Crippen molar-refractivity contribution in [1.29, 1.82) is 0 Å². The summed E-state index contributed by atoms with van der Waals surface area (Å²) in [5, 5.41) is 20.3. The van der Waals surface area contributed by atoms with E-state index in [1.807, 2.05) is 18.2 Å². The second-order valence-electron chi connectivity index (χ2n) is 10.2. The Morgan fingerprint density at radius 2 is 1.93 bits per heavy atom. The summed E-state index contributed by atoms with van der Waals surface area (Å²) >= 11 is 6.78. The Labute approximate surface area is 240 Å². The van der Waals surface area contributed by atoms with E-state index in [0.717, 1.165) is 12.1 Å². The molecule has 3 atom stereocenters. The molecule has 2 fully saturated rings. The fourth-order valence-corrected chi connectivity index (χ4v) is 5.89. The molecule has 218 valence electrons. The SMILES string of the molecule is COCCN1C[C@@H](NC(=O)Nc2c(Cl)c(C3CCCN3C(=O)O)nn2-c2ccccc2)[C@H](c2ccc(F)c(F)c2)C1.